The summed E-state index contributed by atoms with van der Waals surface area (Å²) in [6, 6.07) is 0. The van der Waals surface area contributed by atoms with Gasteiger partial charge in [-0.25, -0.2) is 0 Å². The Bertz CT molecular complexity index is 811. The second-order valence-electron chi connectivity index (χ2n) is 16.6. The predicted octanol–water partition coefficient (Wildman–Crippen LogP) is 14.0. The van der Waals surface area contributed by atoms with Gasteiger partial charge in [-0.3, -0.25) is 14.4 Å². The molecule has 52 heavy (non-hydrogen) atoms. The maximum absolute atomic E-state index is 12.7. The number of hydrogen-bond acceptors (Lipinski definition) is 6. The largest absolute Gasteiger partial charge is 0.462 e. The average Bonchev–Trinajstić information content (AvgIpc) is 3.12. The van der Waals surface area contributed by atoms with Crippen molar-refractivity contribution in [2.45, 2.75) is 247 Å². The number of ether oxygens (including phenoxy) is 3. The fourth-order valence-corrected chi connectivity index (χ4v) is 6.64. The first-order valence-electron chi connectivity index (χ1n) is 22.7. The lowest BCUT2D eigenvalue weighted by atomic mass is 9.99. The molecule has 0 fully saturated rings. The van der Waals surface area contributed by atoms with Crippen molar-refractivity contribution < 1.29 is 28.6 Å². The zero-order valence-electron chi connectivity index (χ0n) is 35.6. The van der Waals surface area contributed by atoms with Gasteiger partial charge in [0.1, 0.15) is 13.2 Å². The number of rotatable bonds is 39. The van der Waals surface area contributed by atoms with Crippen molar-refractivity contribution in [3.05, 3.63) is 0 Å². The minimum absolute atomic E-state index is 0.0671. The molecule has 0 radical (unpaired) electrons. The molecular formula is C46H88O6. The van der Waals surface area contributed by atoms with Gasteiger partial charge in [-0.2, -0.15) is 0 Å². The van der Waals surface area contributed by atoms with Crippen molar-refractivity contribution >= 4 is 17.9 Å². The van der Waals surface area contributed by atoms with Crippen LogP contribution in [-0.4, -0.2) is 37.2 Å². The summed E-state index contributed by atoms with van der Waals surface area (Å²) in [4.78, 5) is 37.7. The molecule has 0 bridgehead atoms. The van der Waals surface area contributed by atoms with Crippen LogP contribution in [0.3, 0.4) is 0 Å². The summed E-state index contributed by atoms with van der Waals surface area (Å²) in [6.45, 7) is 13.6. The Balaban J connectivity index is 4.37. The number of carbonyl (C=O) groups excluding carboxylic acids is 3. The van der Waals surface area contributed by atoms with Crippen LogP contribution in [0.2, 0.25) is 0 Å². The van der Waals surface area contributed by atoms with Gasteiger partial charge in [0.25, 0.3) is 0 Å². The van der Waals surface area contributed by atoms with Gasteiger partial charge < -0.3 is 14.2 Å². The van der Waals surface area contributed by atoms with E-state index in [9.17, 15) is 14.4 Å². The van der Waals surface area contributed by atoms with Crippen LogP contribution in [0.4, 0.5) is 0 Å². The lowest BCUT2D eigenvalue weighted by molar-refractivity contribution is -0.167. The Hall–Kier alpha value is -1.59. The lowest BCUT2D eigenvalue weighted by Gasteiger charge is -2.18. The van der Waals surface area contributed by atoms with Gasteiger partial charge in [0.05, 0.1) is 0 Å². The summed E-state index contributed by atoms with van der Waals surface area (Å²) in [6.07, 6.45) is 33.7. The summed E-state index contributed by atoms with van der Waals surface area (Å²) < 4.78 is 16.7. The predicted molar refractivity (Wildman–Crippen MR) is 219 cm³/mol. The molecule has 2 unspecified atom stereocenters. The molecule has 0 heterocycles. The Kier molecular flexibility index (Phi) is 36.6. The van der Waals surface area contributed by atoms with Gasteiger partial charge in [0.2, 0.25) is 0 Å². The molecule has 3 atom stereocenters. The molecule has 308 valence electrons. The summed E-state index contributed by atoms with van der Waals surface area (Å²) >= 11 is 0. The van der Waals surface area contributed by atoms with Gasteiger partial charge in [0.15, 0.2) is 6.10 Å². The van der Waals surface area contributed by atoms with E-state index in [1.807, 2.05) is 0 Å². The zero-order chi connectivity index (χ0) is 38.5. The highest BCUT2D eigenvalue weighted by Gasteiger charge is 2.19. The second kappa shape index (κ2) is 37.7. The van der Waals surface area contributed by atoms with Gasteiger partial charge in [-0.1, -0.05) is 202 Å². The Morgan fingerprint density at radius 1 is 0.385 bits per heavy atom. The fourth-order valence-electron chi connectivity index (χ4n) is 6.64. The highest BCUT2D eigenvalue weighted by molar-refractivity contribution is 5.71. The van der Waals surface area contributed by atoms with Gasteiger partial charge in [-0.15, -0.1) is 0 Å². The number of esters is 3. The van der Waals surface area contributed by atoms with E-state index in [2.05, 4.69) is 41.5 Å². The van der Waals surface area contributed by atoms with Crippen molar-refractivity contribution in [3.8, 4) is 0 Å². The zero-order valence-corrected chi connectivity index (χ0v) is 35.6. The standard InChI is InChI=1S/C46H88O6/c1-7-41(5)33-27-21-15-9-11-17-23-29-35-44(47)50-38-43(39-51-45(48)36-30-24-19-13-14-20-26-32-40(3)4)52-46(49)37-31-25-18-12-10-16-22-28-34-42(6)8-2/h40-43H,7-39H2,1-6H3/t41?,42?,43-/m1/s1. The molecule has 0 aromatic heterocycles. The molecule has 6 heteroatoms. The molecule has 0 aliphatic rings. The molecule has 0 aromatic rings. The molecular weight excluding hydrogens is 648 g/mol. The van der Waals surface area contributed by atoms with Crippen LogP contribution in [0.1, 0.15) is 241 Å². The van der Waals surface area contributed by atoms with E-state index in [0.29, 0.717) is 19.3 Å². The monoisotopic (exact) mass is 737 g/mol. The molecule has 6 nitrogen and oxygen atoms in total. The van der Waals surface area contributed by atoms with Crippen molar-refractivity contribution in [2.75, 3.05) is 13.2 Å². The van der Waals surface area contributed by atoms with Gasteiger partial charge >= 0.3 is 17.9 Å². The molecule has 0 N–H and O–H groups in total. The molecule has 0 spiro atoms. The minimum Gasteiger partial charge on any atom is -0.462 e. The van der Waals surface area contributed by atoms with Crippen molar-refractivity contribution in [2.24, 2.45) is 17.8 Å². The van der Waals surface area contributed by atoms with E-state index in [-0.39, 0.29) is 31.1 Å². The van der Waals surface area contributed by atoms with E-state index in [0.717, 1.165) is 75.5 Å². The molecule has 0 aliphatic carbocycles. The van der Waals surface area contributed by atoms with Gasteiger partial charge in [0, 0.05) is 19.3 Å². The van der Waals surface area contributed by atoms with E-state index in [1.54, 1.807) is 0 Å². The Labute approximate surface area is 323 Å². The van der Waals surface area contributed by atoms with Crippen molar-refractivity contribution in [3.63, 3.8) is 0 Å². The number of hydrogen-bond donors (Lipinski definition) is 0. The second-order valence-corrected chi connectivity index (χ2v) is 16.6. The first kappa shape index (κ1) is 50.4. The van der Waals surface area contributed by atoms with E-state index < -0.39 is 6.10 Å². The maximum Gasteiger partial charge on any atom is 0.306 e. The number of carbonyl (C=O) groups is 3. The summed E-state index contributed by atoms with van der Waals surface area (Å²) in [7, 11) is 0. The lowest BCUT2D eigenvalue weighted by Crippen LogP contribution is -2.30. The van der Waals surface area contributed by atoms with Crippen LogP contribution >= 0.6 is 0 Å². The third kappa shape index (κ3) is 36.8. The smallest absolute Gasteiger partial charge is 0.306 e. The van der Waals surface area contributed by atoms with Crippen LogP contribution in [-0.2, 0) is 28.6 Å². The van der Waals surface area contributed by atoms with E-state index in [1.165, 1.54) is 122 Å². The molecule has 0 saturated carbocycles. The molecule has 0 aliphatic heterocycles. The summed E-state index contributed by atoms with van der Waals surface area (Å²) in [5.41, 5.74) is 0. The Morgan fingerprint density at radius 3 is 1.00 bits per heavy atom. The topological polar surface area (TPSA) is 78.9 Å². The highest BCUT2D eigenvalue weighted by atomic mass is 16.6. The average molecular weight is 737 g/mol. The normalized spacial score (nSPS) is 13.2. The van der Waals surface area contributed by atoms with Crippen LogP contribution in [0.15, 0.2) is 0 Å². The van der Waals surface area contributed by atoms with Crippen LogP contribution < -0.4 is 0 Å². The van der Waals surface area contributed by atoms with Gasteiger partial charge in [-0.05, 0) is 37.0 Å². The molecule has 0 aromatic carbocycles. The van der Waals surface area contributed by atoms with Crippen LogP contribution in [0, 0.1) is 17.8 Å². The van der Waals surface area contributed by atoms with E-state index >= 15 is 0 Å². The Morgan fingerprint density at radius 2 is 0.673 bits per heavy atom. The summed E-state index contributed by atoms with van der Waals surface area (Å²) in [5.74, 6) is 1.61. The molecule has 0 amide bonds. The van der Waals surface area contributed by atoms with Crippen LogP contribution in [0.5, 0.6) is 0 Å². The third-order valence-electron chi connectivity index (χ3n) is 10.9. The summed E-state index contributed by atoms with van der Waals surface area (Å²) in [5, 5.41) is 0. The van der Waals surface area contributed by atoms with E-state index in [4.69, 9.17) is 14.2 Å². The highest BCUT2D eigenvalue weighted by Crippen LogP contribution is 2.17. The van der Waals surface area contributed by atoms with Crippen LogP contribution in [0.25, 0.3) is 0 Å². The maximum atomic E-state index is 12.7. The molecule has 0 saturated heterocycles. The number of unbranched alkanes of at least 4 members (excludes halogenated alkanes) is 20. The first-order chi connectivity index (χ1) is 25.2. The minimum atomic E-state index is -0.762. The fraction of sp³-hybridized carbons (Fsp3) is 0.935. The SMILES string of the molecule is CCC(C)CCCCCCCCCCC(=O)OC[C@H](COC(=O)CCCCCCCCCC(C)C)OC(=O)CCCCCCCCCCC(C)CC. The third-order valence-corrected chi connectivity index (χ3v) is 10.9. The quantitative estimate of drug-likeness (QED) is 0.0355. The van der Waals surface area contributed by atoms with Crippen molar-refractivity contribution in [1.82, 2.24) is 0 Å². The first-order valence-corrected chi connectivity index (χ1v) is 22.7. The van der Waals surface area contributed by atoms with Crippen molar-refractivity contribution in [1.29, 1.82) is 0 Å². The molecule has 0 rings (SSSR count).